The maximum absolute atomic E-state index is 4.06. The van der Waals surface area contributed by atoms with Gasteiger partial charge in [-0.2, -0.15) is 10.2 Å². The second-order valence-electron chi connectivity index (χ2n) is 3.37. The van der Waals surface area contributed by atoms with Gasteiger partial charge in [0.05, 0.1) is 17.4 Å². The molecule has 3 heterocycles. The van der Waals surface area contributed by atoms with Gasteiger partial charge in [-0.05, 0) is 25.1 Å². The van der Waals surface area contributed by atoms with Crippen LogP contribution in [-0.2, 0) is 0 Å². The molecule has 0 spiro atoms. The van der Waals surface area contributed by atoms with Gasteiger partial charge in [-0.25, -0.2) is 0 Å². The lowest BCUT2D eigenvalue weighted by Crippen LogP contribution is -1.89. The van der Waals surface area contributed by atoms with Gasteiger partial charge in [-0.1, -0.05) is 6.07 Å². The fraction of sp³-hybridized carbons (Fsp3) is 0.0909. The Morgan fingerprint density at radius 1 is 1.29 bits per heavy atom. The summed E-state index contributed by atoms with van der Waals surface area (Å²) in [7, 11) is 0. The second kappa shape index (κ2) is 2.54. The zero-order valence-corrected chi connectivity index (χ0v) is 7.81. The summed E-state index contributed by atoms with van der Waals surface area (Å²) in [6.07, 6.45) is 3.85. The molecule has 0 saturated heterocycles. The van der Waals surface area contributed by atoms with E-state index in [0.29, 0.717) is 0 Å². The predicted octanol–water partition coefficient (Wildman–Crippen LogP) is 2.19. The van der Waals surface area contributed by atoms with Crippen molar-refractivity contribution in [3.63, 3.8) is 0 Å². The summed E-state index contributed by atoms with van der Waals surface area (Å²) < 4.78 is 2.14. The summed E-state index contributed by atoms with van der Waals surface area (Å²) in [6.45, 7) is 1.98. The van der Waals surface area contributed by atoms with E-state index in [-0.39, 0.29) is 0 Å². The predicted molar refractivity (Wildman–Crippen MR) is 55.2 cm³/mol. The molecular formula is C11H9N3. The number of hydrogen-bond donors (Lipinski definition) is 0. The molecule has 0 aliphatic rings. The highest BCUT2D eigenvalue weighted by Gasteiger charge is 2.04. The SMILES string of the molecule is Cc1nncc2cc3ccccn3c12. The fourth-order valence-corrected chi connectivity index (χ4v) is 1.85. The van der Waals surface area contributed by atoms with Gasteiger partial charge in [0, 0.05) is 17.1 Å². The van der Waals surface area contributed by atoms with Gasteiger partial charge in [-0.15, -0.1) is 0 Å². The van der Waals surface area contributed by atoms with Gasteiger partial charge >= 0.3 is 0 Å². The Labute approximate surface area is 81.0 Å². The Hall–Kier alpha value is -1.90. The summed E-state index contributed by atoms with van der Waals surface area (Å²) in [5.41, 5.74) is 3.30. The van der Waals surface area contributed by atoms with Crippen LogP contribution in [0.4, 0.5) is 0 Å². The molecule has 3 nitrogen and oxygen atoms in total. The van der Waals surface area contributed by atoms with Crippen molar-refractivity contribution in [2.75, 3.05) is 0 Å². The van der Waals surface area contributed by atoms with E-state index in [1.165, 1.54) is 5.52 Å². The lowest BCUT2D eigenvalue weighted by molar-refractivity contribution is 0.993. The number of rotatable bonds is 0. The summed E-state index contributed by atoms with van der Waals surface area (Å²) in [5, 5.41) is 9.15. The van der Waals surface area contributed by atoms with Gasteiger partial charge < -0.3 is 4.40 Å². The number of hydrogen-bond acceptors (Lipinski definition) is 2. The molecule has 68 valence electrons. The monoisotopic (exact) mass is 183 g/mol. The van der Waals surface area contributed by atoms with Gasteiger partial charge in [0.25, 0.3) is 0 Å². The van der Waals surface area contributed by atoms with Crippen LogP contribution in [0, 0.1) is 6.92 Å². The average molecular weight is 183 g/mol. The maximum Gasteiger partial charge on any atom is 0.0846 e. The Balaban J connectivity index is 2.65. The summed E-state index contributed by atoms with van der Waals surface area (Å²) in [4.78, 5) is 0. The Morgan fingerprint density at radius 2 is 2.21 bits per heavy atom. The van der Waals surface area contributed by atoms with E-state index in [1.54, 1.807) is 6.20 Å². The first-order valence-corrected chi connectivity index (χ1v) is 4.54. The summed E-state index contributed by atoms with van der Waals surface area (Å²) in [6, 6.07) is 8.26. The van der Waals surface area contributed by atoms with Crippen LogP contribution in [0.25, 0.3) is 16.4 Å². The van der Waals surface area contributed by atoms with Crippen LogP contribution in [-0.4, -0.2) is 14.6 Å². The minimum atomic E-state index is 0.966. The zero-order chi connectivity index (χ0) is 9.54. The quantitative estimate of drug-likeness (QED) is 0.534. The smallest absolute Gasteiger partial charge is 0.0846 e. The van der Waals surface area contributed by atoms with Crippen LogP contribution in [0.15, 0.2) is 36.7 Å². The van der Waals surface area contributed by atoms with Crippen LogP contribution in [0.5, 0.6) is 0 Å². The standard InChI is InChI=1S/C11H9N3/c1-8-11-9(7-12-13-8)6-10-4-2-3-5-14(10)11/h2-7H,1H3. The molecule has 0 bridgehead atoms. The fourth-order valence-electron chi connectivity index (χ4n) is 1.85. The van der Waals surface area contributed by atoms with Gasteiger partial charge in [0.2, 0.25) is 0 Å². The molecule has 0 aliphatic heterocycles. The molecule has 14 heavy (non-hydrogen) atoms. The van der Waals surface area contributed by atoms with Crippen molar-refractivity contribution in [1.82, 2.24) is 14.6 Å². The second-order valence-corrected chi connectivity index (χ2v) is 3.37. The highest BCUT2D eigenvalue weighted by molar-refractivity contribution is 5.87. The third-order valence-corrected chi connectivity index (χ3v) is 2.46. The summed E-state index contributed by atoms with van der Waals surface area (Å²) >= 11 is 0. The number of aromatic nitrogens is 3. The van der Waals surface area contributed by atoms with E-state index in [2.05, 4.69) is 26.7 Å². The van der Waals surface area contributed by atoms with E-state index >= 15 is 0 Å². The molecule has 0 radical (unpaired) electrons. The van der Waals surface area contributed by atoms with Crippen LogP contribution in [0.1, 0.15) is 5.69 Å². The van der Waals surface area contributed by atoms with Crippen molar-refractivity contribution in [2.24, 2.45) is 0 Å². The van der Waals surface area contributed by atoms with Crippen LogP contribution in [0.2, 0.25) is 0 Å². The summed E-state index contributed by atoms with van der Waals surface area (Å²) in [5.74, 6) is 0. The highest BCUT2D eigenvalue weighted by atomic mass is 15.1. The lowest BCUT2D eigenvalue weighted by Gasteiger charge is -1.97. The Morgan fingerprint density at radius 3 is 3.14 bits per heavy atom. The lowest BCUT2D eigenvalue weighted by atomic mass is 10.3. The van der Waals surface area contributed by atoms with Crippen LogP contribution in [0.3, 0.4) is 0 Å². The third kappa shape index (κ3) is 0.865. The van der Waals surface area contributed by atoms with E-state index in [1.807, 2.05) is 25.3 Å². The highest BCUT2D eigenvalue weighted by Crippen LogP contribution is 2.20. The third-order valence-electron chi connectivity index (χ3n) is 2.46. The molecule has 0 unspecified atom stereocenters. The first-order chi connectivity index (χ1) is 6.86. The van der Waals surface area contributed by atoms with Crippen molar-refractivity contribution in [2.45, 2.75) is 6.92 Å². The van der Waals surface area contributed by atoms with Crippen LogP contribution < -0.4 is 0 Å². The van der Waals surface area contributed by atoms with Crippen molar-refractivity contribution in [1.29, 1.82) is 0 Å². The van der Waals surface area contributed by atoms with Crippen molar-refractivity contribution >= 4 is 16.4 Å². The largest absolute Gasteiger partial charge is 0.315 e. The van der Waals surface area contributed by atoms with Crippen molar-refractivity contribution in [3.8, 4) is 0 Å². The number of nitrogens with zero attached hydrogens (tertiary/aromatic N) is 3. The first kappa shape index (κ1) is 7.50. The molecule has 3 aromatic rings. The molecule has 0 amide bonds. The molecule has 0 N–H and O–H groups in total. The van der Waals surface area contributed by atoms with E-state index in [0.717, 1.165) is 16.6 Å². The van der Waals surface area contributed by atoms with Gasteiger partial charge in [-0.3, -0.25) is 0 Å². The normalized spacial score (nSPS) is 11.2. The molecule has 3 aromatic heterocycles. The van der Waals surface area contributed by atoms with Crippen molar-refractivity contribution in [3.05, 3.63) is 42.4 Å². The van der Waals surface area contributed by atoms with Crippen LogP contribution >= 0.6 is 0 Å². The molecule has 0 fully saturated rings. The molecule has 3 heteroatoms. The minimum Gasteiger partial charge on any atom is -0.315 e. The molecule has 0 aromatic carbocycles. The number of fused-ring (bicyclic) bond motifs is 3. The van der Waals surface area contributed by atoms with E-state index in [4.69, 9.17) is 0 Å². The Kier molecular flexibility index (Phi) is 1.36. The molecule has 0 atom stereocenters. The average Bonchev–Trinajstić information content (AvgIpc) is 2.57. The minimum absolute atomic E-state index is 0.966. The molecule has 0 aliphatic carbocycles. The number of aryl methyl sites for hydroxylation is 1. The molecule has 0 saturated carbocycles. The topological polar surface area (TPSA) is 30.2 Å². The maximum atomic E-state index is 4.06. The van der Waals surface area contributed by atoms with E-state index < -0.39 is 0 Å². The van der Waals surface area contributed by atoms with E-state index in [9.17, 15) is 0 Å². The molecular weight excluding hydrogens is 174 g/mol. The van der Waals surface area contributed by atoms with Gasteiger partial charge in [0.15, 0.2) is 0 Å². The Bertz CT molecular complexity index is 610. The van der Waals surface area contributed by atoms with Gasteiger partial charge in [0.1, 0.15) is 0 Å². The molecule has 3 rings (SSSR count). The van der Waals surface area contributed by atoms with Crippen molar-refractivity contribution < 1.29 is 0 Å². The first-order valence-electron chi connectivity index (χ1n) is 4.54. The number of pyridine rings is 1. The zero-order valence-electron chi connectivity index (χ0n) is 7.81.